The third kappa shape index (κ3) is 7.45. The second-order valence-electron chi connectivity index (χ2n) is 8.96. The molecule has 41 heavy (non-hydrogen) atoms. The number of rotatable bonds is 9. The van der Waals surface area contributed by atoms with Crippen LogP contribution in [0, 0.1) is 11.3 Å². The number of nitrogens with zero attached hydrogens (tertiary/aromatic N) is 1. The van der Waals surface area contributed by atoms with Gasteiger partial charge < -0.3 is 20.7 Å². The molecule has 3 N–H and O–H groups in total. The van der Waals surface area contributed by atoms with Gasteiger partial charge in [0.1, 0.15) is 0 Å². The fourth-order valence-electron chi connectivity index (χ4n) is 4.28. The van der Waals surface area contributed by atoms with E-state index in [-0.39, 0.29) is 18.3 Å². The Hall–Kier alpha value is -4.33. The van der Waals surface area contributed by atoms with Crippen molar-refractivity contribution in [2.75, 3.05) is 23.0 Å². The number of carbonyl (C=O) groups excluding carboxylic acids is 3. The van der Waals surface area contributed by atoms with Crippen LogP contribution in [0.1, 0.15) is 35.7 Å². The number of anilines is 2. The maximum atomic E-state index is 13.6. The van der Waals surface area contributed by atoms with E-state index in [1.807, 2.05) is 42.5 Å². The Morgan fingerprint density at radius 1 is 0.976 bits per heavy atom. The van der Waals surface area contributed by atoms with Crippen molar-refractivity contribution in [3.05, 3.63) is 116 Å². The third-order valence-electron chi connectivity index (χ3n) is 6.15. The van der Waals surface area contributed by atoms with Gasteiger partial charge in [0.05, 0.1) is 40.5 Å². The number of esters is 1. The molecule has 0 spiro atoms. The molecule has 0 fully saturated rings. The summed E-state index contributed by atoms with van der Waals surface area (Å²) in [5.74, 6) is -1.65. The molecule has 0 saturated carbocycles. The van der Waals surface area contributed by atoms with Crippen molar-refractivity contribution in [3.63, 3.8) is 0 Å². The van der Waals surface area contributed by atoms with Gasteiger partial charge in [-0.1, -0.05) is 58.0 Å². The Bertz CT molecular complexity index is 1550. The Labute approximate surface area is 251 Å². The number of carbonyl (C=O) groups is 3. The van der Waals surface area contributed by atoms with Crippen molar-refractivity contribution < 1.29 is 19.1 Å². The van der Waals surface area contributed by atoms with Gasteiger partial charge in [0.2, 0.25) is 5.91 Å². The maximum absolute atomic E-state index is 13.6. The van der Waals surface area contributed by atoms with Crippen LogP contribution in [-0.4, -0.2) is 30.1 Å². The number of nitriles is 1. The summed E-state index contributed by atoms with van der Waals surface area (Å²) in [5, 5.41) is 19.7. The number of hydrogen-bond acceptors (Lipinski definition) is 7. The van der Waals surface area contributed by atoms with Crippen LogP contribution in [0.2, 0.25) is 0 Å². The molecule has 0 aliphatic carbocycles. The van der Waals surface area contributed by atoms with Crippen LogP contribution >= 0.6 is 27.7 Å². The Balaban J connectivity index is 1.57. The fraction of sp³-hybridized carbons (Fsp3) is 0.161. The molecule has 10 heteroatoms. The molecule has 1 unspecified atom stereocenters. The van der Waals surface area contributed by atoms with Gasteiger partial charge in [-0.3, -0.25) is 9.59 Å². The van der Waals surface area contributed by atoms with Gasteiger partial charge >= 0.3 is 5.97 Å². The number of dihydropyridines is 1. The van der Waals surface area contributed by atoms with Crippen LogP contribution in [0.25, 0.3) is 0 Å². The van der Waals surface area contributed by atoms with Gasteiger partial charge in [-0.15, -0.1) is 0 Å². The molecule has 1 atom stereocenters. The van der Waals surface area contributed by atoms with Gasteiger partial charge in [0.15, 0.2) is 0 Å². The standard InChI is InChI=1S/C31H27BrN4O4S/c1-3-40-31(39)21-9-13-24(14-10-21)36-29(38)27-19(2)34-30(25(17-33)28(27)20-7-5-4-6-8-20)41-18-26(37)35-23-15-11-22(32)12-16-23/h4-16,28,34H,3,18H2,1-2H3,(H,35,37)(H,36,38). The van der Waals surface area contributed by atoms with Crippen LogP contribution in [0.4, 0.5) is 11.4 Å². The third-order valence-corrected chi connectivity index (χ3v) is 7.70. The summed E-state index contributed by atoms with van der Waals surface area (Å²) in [5.41, 5.74) is 3.58. The number of amides is 2. The summed E-state index contributed by atoms with van der Waals surface area (Å²) in [7, 11) is 0. The summed E-state index contributed by atoms with van der Waals surface area (Å²) in [6.45, 7) is 3.77. The van der Waals surface area contributed by atoms with E-state index in [2.05, 4.69) is 37.9 Å². The quantitative estimate of drug-likeness (QED) is 0.236. The minimum atomic E-state index is -0.654. The summed E-state index contributed by atoms with van der Waals surface area (Å²) in [6, 6.07) is 25.2. The van der Waals surface area contributed by atoms with E-state index in [1.165, 1.54) is 11.8 Å². The number of hydrogen-bond donors (Lipinski definition) is 3. The summed E-state index contributed by atoms with van der Waals surface area (Å²) < 4.78 is 5.92. The molecule has 0 aromatic heterocycles. The van der Waals surface area contributed by atoms with E-state index in [9.17, 15) is 19.6 Å². The van der Waals surface area contributed by atoms with E-state index in [0.717, 1.165) is 10.0 Å². The fourth-order valence-corrected chi connectivity index (χ4v) is 5.43. The van der Waals surface area contributed by atoms with Crippen molar-refractivity contribution in [2.45, 2.75) is 19.8 Å². The maximum Gasteiger partial charge on any atom is 0.338 e. The lowest BCUT2D eigenvalue weighted by atomic mass is 9.82. The summed E-state index contributed by atoms with van der Waals surface area (Å²) in [6.07, 6.45) is 0. The highest BCUT2D eigenvalue weighted by atomic mass is 79.9. The minimum absolute atomic E-state index is 0.0622. The van der Waals surface area contributed by atoms with E-state index in [1.54, 1.807) is 50.2 Å². The van der Waals surface area contributed by atoms with Crippen LogP contribution < -0.4 is 16.0 Å². The molecule has 1 aliphatic rings. The first kappa shape index (κ1) is 29.6. The van der Waals surface area contributed by atoms with Gasteiger partial charge in [-0.25, -0.2) is 4.79 Å². The Morgan fingerprint density at radius 3 is 2.24 bits per heavy atom. The molecule has 4 rings (SSSR count). The molecule has 1 aliphatic heterocycles. The molecule has 0 saturated heterocycles. The number of thioether (sulfide) groups is 1. The lowest BCUT2D eigenvalue weighted by molar-refractivity contribution is -0.114. The van der Waals surface area contributed by atoms with Gasteiger partial charge in [-0.05, 0) is 67.9 Å². The number of benzene rings is 3. The zero-order valence-electron chi connectivity index (χ0n) is 22.4. The smallest absolute Gasteiger partial charge is 0.338 e. The van der Waals surface area contributed by atoms with Gasteiger partial charge in [0.25, 0.3) is 5.91 Å². The molecule has 1 heterocycles. The lowest BCUT2D eigenvalue weighted by Crippen LogP contribution is -2.31. The highest BCUT2D eigenvalue weighted by Gasteiger charge is 2.34. The van der Waals surface area contributed by atoms with Crippen molar-refractivity contribution in [1.29, 1.82) is 5.26 Å². The van der Waals surface area contributed by atoms with Crippen molar-refractivity contribution in [3.8, 4) is 6.07 Å². The van der Waals surface area contributed by atoms with E-state index in [4.69, 9.17) is 4.74 Å². The topological polar surface area (TPSA) is 120 Å². The van der Waals surface area contributed by atoms with Crippen LogP contribution in [-0.2, 0) is 14.3 Å². The largest absolute Gasteiger partial charge is 0.462 e. The van der Waals surface area contributed by atoms with E-state index >= 15 is 0 Å². The molecule has 3 aromatic carbocycles. The first-order chi connectivity index (χ1) is 19.8. The second-order valence-corrected chi connectivity index (χ2v) is 10.9. The normalized spacial score (nSPS) is 14.5. The number of ether oxygens (including phenoxy) is 1. The Kier molecular flexibility index (Phi) is 10.0. The first-order valence-corrected chi connectivity index (χ1v) is 14.5. The predicted molar refractivity (Wildman–Crippen MR) is 164 cm³/mol. The first-order valence-electron chi connectivity index (χ1n) is 12.7. The molecule has 3 aromatic rings. The monoisotopic (exact) mass is 630 g/mol. The summed E-state index contributed by atoms with van der Waals surface area (Å²) in [4.78, 5) is 38.3. The number of allylic oxidation sites excluding steroid dienone is 2. The highest BCUT2D eigenvalue weighted by molar-refractivity contribution is 9.10. The molecule has 0 radical (unpaired) electrons. The van der Waals surface area contributed by atoms with E-state index < -0.39 is 17.8 Å². The molecule has 0 bridgehead atoms. The number of nitrogens with one attached hydrogen (secondary N) is 3. The average Bonchev–Trinajstić information content (AvgIpc) is 2.97. The zero-order chi connectivity index (χ0) is 29.4. The van der Waals surface area contributed by atoms with Crippen molar-refractivity contribution in [1.82, 2.24) is 5.32 Å². The second kappa shape index (κ2) is 13.8. The van der Waals surface area contributed by atoms with Gasteiger partial charge in [0, 0.05) is 27.1 Å². The molecular weight excluding hydrogens is 604 g/mol. The van der Waals surface area contributed by atoms with Crippen molar-refractivity contribution in [2.24, 2.45) is 0 Å². The molecule has 208 valence electrons. The minimum Gasteiger partial charge on any atom is -0.462 e. The predicted octanol–water partition coefficient (Wildman–Crippen LogP) is 6.33. The van der Waals surface area contributed by atoms with E-state index in [0.29, 0.717) is 38.8 Å². The summed E-state index contributed by atoms with van der Waals surface area (Å²) >= 11 is 4.58. The zero-order valence-corrected chi connectivity index (χ0v) is 24.8. The van der Waals surface area contributed by atoms with Crippen LogP contribution in [0.15, 0.2) is 105 Å². The SMILES string of the molecule is CCOC(=O)c1ccc(NC(=O)C2=C(C)NC(SCC(=O)Nc3ccc(Br)cc3)=C(C#N)C2c2ccccc2)cc1. The Morgan fingerprint density at radius 2 is 1.61 bits per heavy atom. The average molecular weight is 632 g/mol. The molecular formula is C31H27BrN4O4S. The molecule has 8 nitrogen and oxygen atoms in total. The number of halogens is 1. The highest BCUT2D eigenvalue weighted by Crippen LogP contribution is 2.41. The van der Waals surface area contributed by atoms with Crippen LogP contribution in [0.3, 0.4) is 0 Å². The van der Waals surface area contributed by atoms with Gasteiger partial charge in [-0.2, -0.15) is 5.26 Å². The van der Waals surface area contributed by atoms with Crippen LogP contribution in [0.5, 0.6) is 0 Å². The molecule has 2 amide bonds. The lowest BCUT2D eigenvalue weighted by Gasteiger charge is -2.30. The van der Waals surface area contributed by atoms with Crippen molar-refractivity contribution >= 4 is 56.9 Å².